The first-order valence-electron chi connectivity index (χ1n) is 6.21. The molecular weight excluding hydrogens is 352 g/mol. The summed E-state index contributed by atoms with van der Waals surface area (Å²) in [5, 5.41) is -0.244. The smallest absolute Gasteiger partial charge is 0.293 e. The van der Waals surface area contributed by atoms with Crippen molar-refractivity contribution in [3.05, 3.63) is 57.7 Å². The van der Waals surface area contributed by atoms with Crippen molar-refractivity contribution in [1.82, 2.24) is 9.47 Å². The van der Waals surface area contributed by atoms with E-state index < -0.39 is 0 Å². The fraction of sp³-hybridized carbons (Fsp3) is 0.0667. The zero-order valence-corrected chi connectivity index (χ0v) is 13.5. The molecule has 0 spiro atoms. The van der Waals surface area contributed by atoms with Crippen molar-refractivity contribution in [3.8, 4) is 5.69 Å². The summed E-state index contributed by atoms with van der Waals surface area (Å²) in [6.45, 7) is 0. The monoisotopic (exact) mass is 362 g/mol. The van der Waals surface area contributed by atoms with Crippen LogP contribution in [-0.2, 0) is 4.79 Å². The van der Waals surface area contributed by atoms with E-state index >= 15 is 0 Å². The molecule has 0 bridgehead atoms. The number of rotatable bonds is 2. The molecule has 1 aromatic carbocycles. The lowest BCUT2D eigenvalue weighted by molar-refractivity contribution is -0.121. The first-order chi connectivity index (χ1) is 10.1. The molecule has 0 unspecified atom stereocenters. The van der Waals surface area contributed by atoms with E-state index in [9.17, 15) is 9.59 Å². The number of hydrogen-bond donors (Lipinski definition) is 0. The molecule has 2 aromatic rings. The Kier molecular flexibility index (Phi) is 3.73. The molecule has 0 atom stereocenters. The van der Waals surface area contributed by atoms with Crippen molar-refractivity contribution in [2.24, 2.45) is 0 Å². The number of amides is 2. The Balaban J connectivity index is 2.01. The SMILES string of the molecule is CN1C(=O)S/C(=C\c2cccn2-c2cccc(Br)c2)C1=O. The highest BCUT2D eigenvalue weighted by Crippen LogP contribution is 2.31. The third-order valence-corrected chi connectivity index (χ3v) is 4.59. The number of likely N-dealkylation sites (N-methyl/N-ethyl adjacent to an activating group) is 1. The molecular formula is C15H11BrN2O2S. The van der Waals surface area contributed by atoms with Gasteiger partial charge in [-0.15, -0.1) is 0 Å². The molecule has 2 amide bonds. The molecule has 3 rings (SSSR count). The number of thioether (sulfide) groups is 1. The van der Waals surface area contributed by atoms with Crippen LogP contribution in [0.15, 0.2) is 52.0 Å². The number of halogens is 1. The molecule has 0 aliphatic carbocycles. The van der Waals surface area contributed by atoms with Crippen LogP contribution in [0.5, 0.6) is 0 Å². The second-order valence-corrected chi connectivity index (χ2v) is 6.43. The Morgan fingerprint density at radius 2 is 2.00 bits per heavy atom. The zero-order valence-electron chi connectivity index (χ0n) is 11.1. The van der Waals surface area contributed by atoms with E-state index in [1.54, 1.807) is 6.08 Å². The van der Waals surface area contributed by atoms with Crippen LogP contribution in [0.3, 0.4) is 0 Å². The minimum absolute atomic E-state index is 0.244. The van der Waals surface area contributed by atoms with E-state index in [0.29, 0.717) is 4.91 Å². The van der Waals surface area contributed by atoms with Gasteiger partial charge in [0.25, 0.3) is 11.1 Å². The van der Waals surface area contributed by atoms with E-state index in [4.69, 9.17) is 0 Å². The Morgan fingerprint density at radius 3 is 2.67 bits per heavy atom. The summed E-state index contributed by atoms with van der Waals surface area (Å²) in [6, 6.07) is 11.7. The molecule has 0 radical (unpaired) electrons. The van der Waals surface area contributed by atoms with Gasteiger partial charge in [-0.25, -0.2) is 0 Å². The molecule has 21 heavy (non-hydrogen) atoms. The third-order valence-electron chi connectivity index (χ3n) is 3.13. The summed E-state index contributed by atoms with van der Waals surface area (Å²) in [5.41, 5.74) is 1.84. The highest BCUT2D eigenvalue weighted by Gasteiger charge is 2.31. The molecule has 1 aliphatic rings. The van der Waals surface area contributed by atoms with Gasteiger partial charge in [0, 0.05) is 29.1 Å². The molecule has 106 valence electrons. The van der Waals surface area contributed by atoms with Crippen LogP contribution in [0.1, 0.15) is 5.69 Å². The van der Waals surface area contributed by atoms with Crippen molar-refractivity contribution >= 4 is 44.9 Å². The quantitative estimate of drug-likeness (QED) is 0.760. The first kappa shape index (κ1) is 14.2. The van der Waals surface area contributed by atoms with Crippen LogP contribution >= 0.6 is 27.7 Å². The number of benzene rings is 1. The van der Waals surface area contributed by atoms with Crippen LogP contribution in [0.4, 0.5) is 4.79 Å². The molecule has 1 aromatic heterocycles. The van der Waals surface area contributed by atoms with Crippen LogP contribution in [0.25, 0.3) is 11.8 Å². The molecule has 2 heterocycles. The number of nitrogens with zero attached hydrogens (tertiary/aromatic N) is 2. The first-order valence-corrected chi connectivity index (χ1v) is 7.82. The van der Waals surface area contributed by atoms with Gasteiger partial charge in [0.15, 0.2) is 0 Å². The number of hydrogen-bond acceptors (Lipinski definition) is 3. The van der Waals surface area contributed by atoms with Crippen molar-refractivity contribution in [1.29, 1.82) is 0 Å². The van der Waals surface area contributed by atoms with Crippen LogP contribution < -0.4 is 0 Å². The third kappa shape index (κ3) is 2.69. The fourth-order valence-electron chi connectivity index (χ4n) is 2.05. The fourth-order valence-corrected chi connectivity index (χ4v) is 3.25. The van der Waals surface area contributed by atoms with Crippen molar-refractivity contribution in [3.63, 3.8) is 0 Å². The Bertz CT molecular complexity index is 767. The van der Waals surface area contributed by atoms with Gasteiger partial charge < -0.3 is 4.57 Å². The number of imide groups is 1. The molecule has 4 nitrogen and oxygen atoms in total. The largest absolute Gasteiger partial charge is 0.317 e. The number of aromatic nitrogens is 1. The van der Waals surface area contributed by atoms with Crippen LogP contribution in [-0.4, -0.2) is 27.7 Å². The molecule has 1 fully saturated rings. The Hall–Kier alpha value is -1.79. The lowest BCUT2D eigenvalue weighted by Gasteiger charge is -2.07. The summed E-state index contributed by atoms with van der Waals surface area (Å²) in [7, 11) is 1.49. The van der Waals surface area contributed by atoms with Crippen molar-refractivity contribution in [2.75, 3.05) is 7.05 Å². The van der Waals surface area contributed by atoms with Gasteiger partial charge in [0.1, 0.15) is 0 Å². The maximum atomic E-state index is 11.9. The van der Waals surface area contributed by atoms with Gasteiger partial charge in [-0.05, 0) is 48.2 Å². The van der Waals surface area contributed by atoms with Gasteiger partial charge in [-0.1, -0.05) is 22.0 Å². The van der Waals surface area contributed by atoms with Gasteiger partial charge in [-0.3, -0.25) is 14.5 Å². The topological polar surface area (TPSA) is 42.3 Å². The lowest BCUT2D eigenvalue weighted by atomic mass is 10.3. The lowest BCUT2D eigenvalue weighted by Crippen LogP contribution is -2.22. The average Bonchev–Trinajstić information content (AvgIpc) is 3.01. The predicted molar refractivity (Wildman–Crippen MR) is 87.2 cm³/mol. The van der Waals surface area contributed by atoms with E-state index in [-0.39, 0.29) is 11.1 Å². The standard InChI is InChI=1S/C15H11BrN2O2S/c1-17-14(19)13(21-15(17)20)9-12-6-3-7-18(12)11-5-2-4-10(16)8-11/h2-9H,1H3/b13-9-. The average molecular weight is 363 g/mol. The predicted octanol–water partition coefficient (Wildman–Crippen LogP) is 3.91. The van der Waals surface area contributed by atoms with E-state index in [2.05, 4.69) is 15.9 Å². The highest BCUT2D eigenvalue weighted by atomic mass is 79.9. The Labute approximate surface area is 134 Å². The summed E-state index contributed by atoms with van der Waals surface area (Å²) in [6.07, 6.45) is 3.67. The van der Waals surface area contributed by atoms with Crippen LogP contribution in [0, 0.1) is 0 Å². The minimum atomic E-state index is -0.257. The van der Waals surface area contributed by atoms with E-state index in [0.717, 1.165) is 32.5 Å². The summed E-state index contributed by atoms with van der Waals surface area (Å²) < 4.78 is 2.95. The molecule has 0 saturated carbocycles. The van der Waals surface area contributed by atoms with Crippen molar-refractivity contribution in [2.45, 2.75) is 0 Å². The van der Waals surface area contributed by atoms with E-state index in [1.807, 2.05) is 47.2 Å². The molecule has 1 saturated heterocycles. The van der Waals surface area contributed by atoms with Gasteiger partial charge in [-0.2, -0.15) is 0 Å². The zero-order chi connectivity index (χ0) is 15.0. The van der Waals surface area contributed by atoms with Crippen molar-refractivity contribution < 1.29 is 9.59 Å². The molecule has 6 heteroatoms. The second-order valence-electron chi connectivity index (χ2n) is 4.52. The Morgan fingerprint density at radius 1 is 1.19 bits per heavy atom. The summed E-state index contributed by atoms with van der Waals surface area (Å²) in [5.74, 6) is -0.257. The van der Waals surface area contributed by atoms with Gasteiger partial charge in [0.2, 0.25) is 0 Å². The normalized spacial score (nSPS) is 17.0. The second kappa shape index (κ2) is 5.54. The molecule has 0 N–H and O–H groups in total. The maximum absolute atomic E-state index is 11.9. The van der Waals surface area contributed by atoms with E-state index in [1.165, 1.54) is 7.05 Å². The summed E-state index contributed by atoms with van der Waals surface area (Å²) >= 11 is 4.41. The highest BCUT2D eigenvalue weighted by molar-refractivity contribution is 9.10. The molecule has 1 aliphatic heterocycles. The van der Waals surface area contributed by atoms with Gasteiger partial charge >= 0.3 is 0 Å². The summed E-state index contributed by atoms with van der Waals surface area (Å²) in [4.78, 5) is 25.1. The minimum Gasteiger partial charge on any atom is -0.317 e. The number of carbonyl (C=O) groups excluding carboxylic acids is 2. The van der Waals surface area contributed by atoms with Crippen LogP contribution in [0.2, 0.25) is 0 Å². The number of carbonyl (C=O) groups is 2. The maximum Gasteiger partial charge on any atom is 0.293 e. The van der Waals surface area contributed by atoms with Gasteiger partial charge in [0.05, 0.1) is 4.91 Å².